The molecule has 88 valence electrons. The summed E-state index contributed by atoms with van der Waals surface area (Å²) < 4.78 is 0. The first-order valence-corrected chi connectivity index (χ1v) is 5.96. The molecule has 0 spiro atoms. The molecule has 0 radical (unpaired) electrons. The average Bonchev–Trinajstić information content (AvgIpc) is 3.06. The molecule has 0 aromatic heterocycles. The maximum Gasteiger partial charge on any atom is 0.140 e. The van der Waals surface area contributed by atoms with Gasteiger partial charge in [-0.05, 0) is 31.7 Å². The summed E-state index contributed by atoms with van der Waals surface area (Å²) in [5.74, 6) is 1.33. The van der Waals surface area contributed by atoms with Gasteiger partial charge in [0.1, 0.15) is 5.84 Å². The van der Waals surface area contributed by atoms with Crippen LogP contribution in [-0.4, -0.2) is 23.6 Å². The summed E-state index contributed by atoms with van der Waals surface area (Å²) in [4.78, 5) is 0. The second-order valence-corrected chi connectivity index (χ2v) is 4.44. The quantitative estimate of drug-likeness (QED) is 0.189. The second kappa shape index (κ2) is 6.67. The van der Waals surface area contributed by atoms with Crippen LogP contribution >= 0.6 is 0 Å². The predicted octanol–water partition coefficient (Wildman–Crippen LogP) is 1.68. The smallest absolute Gasteiger partial charge is 0.140 e. The van der Waals surface area contributed by atoms with Gasteiger partial charge in [-0.1, -0.05) is 24.9 Å². The number of nitrogens with zero attached hydrogens (tertiary/aromatic N) is 1. The number of amidine groups is 1. The Balaban J connectivity index is 2.03. The van der Waals surface area contributed by atoms with Crippen LogP contribution in [0, 0.1) is 5.92 Å². The van der Waals surface area contributed by atoms with Gasteiger partial charge in [0.25, 0.3) is 0 Å². The van der Waals surface area contributed by atoms with E-state index in [-0.39, 0.29) is 0 Å². The number of hydrogen-bond acceptors (Lipinski definition) is 3. The van der Waals surface area contributed by atoms with E-state index in [9.17, 15) is 0 Å². The Labute approximate surface area is 91.9 Å². The monoisotopic (exact) mass is 213 g/mol. The van der Waals surface area contributed by atoms with E-state index in [4.69, 9.17) is 10.9 Å². The van der Waals surface area contributed by atoms with E-state index >= 15 is 0 Å². The van der Waals surface area contributed by atoms with Crippen LogP contribution < -0.4 is 11.1 Å². The van der Waals surface area contributed by atoms with E-state index in [2.05, 4.69) is 17.4 Å². The third-order valence-electron chi connectivity index (χ3n) is 3.00. The van der Waals surface area contributed by atoms with Crippen molar-refractivity contribution in [2.24, 2.45) is 16.8 Å². The Morgan fingerprint density at radius 2 is 2.33 bits per heavy atom. The van der Waals surface area contributed by atoms with Crippen molar-refractivity contribution in [3.05, 3.63) is 0 Å². The molecule has 0 aromatic rings. The predicted molar refractivity (Wildman–Crippen MR) is 62.1 cm³/mol. The number of nitrogens with one attached hydrogen (secondary N) is 1. The average molecular weight is 213 g/mol. The normalized spacial score (nSPS) is 19.1. The van der Waals surface area contributed by atoms with Crippen molar-refractivity contribution in [3.8, 4) is 0 Å². The van der Waals surface area contributed by atoms with Crippen LogP contribution in [-0.2, 0) is 0 Å². The van der Waals surface area contributed by atoms with Crippen molar-refractivity contribution in [1.82, 2.24) is 5.32 Å². The van der Waals surface area contributed by atoms with Gasteiger partial charge in [0, 0.05) is 12.5 Å². The number of hydrogen-bond donors (Lipinski definition) is 3. The van der Waals surface area contributed by atoms with Crippen molar-refractivity contribution < 1.29 is 5.21 Å². The molecule has 0 aromatic carbocycles. The highest BCUT2D eigenvalue weighted by Gasteiger charge is 2.20. The van der Waals surface area contributed by atoms with Crippen LogP contribution in [0.3, 0.4) is 0 Å². The highest BCUT2D eigenvalue weighted by atomic mass is 16.4. The molecule has 0 saturated heterocycles. The minimum atomic E-state index is 0.316. The Kier molecular flexibility index (Phi) is 5.47. The van der Waals surface area contributed by atoms with Gasteiger partial charge in [-0.3, -0.25) is 0 Å². The lowest BCUT2D eigenvalue weighted by Gasteiger charge is -2.15. The third kappa shape index (κ3) is 5.62. The molecule has 0 aliphatic heterocycles. The standard InChI is InChI=1S/C11H23N3O/c1-2-10(8-11(12)14-15)13-7-3-4-9-5-6-9/h9-10,13,15H,2-8H2,1H3,(H2,12,14). The maximum atomic E-state index is 8.47. The SMILES string of the molecule is CCC(CC(N)=NO)NCCCC1CC1. The summed E-state index contributed by atoms with van der Waals surface area (Å²) >= 11 is 0. The topological polar surface area (TPSA) is 70.6 Å². The van der Waals surface area contributed by atoms with Crippen molar-refractivity contribution in [2.45, 2.75) is 51.5 Å². The van der Waals surface area contributed by atoms with Crippen molar-refractivity contribution >= 4 is 5.84 Å². The van der Waals surface area contributed by atoms with E-state index in [1.165, 1.54) is 25.7 Å². The van der Waals surface area contributed by atoms with Crippen LogP contribution in [0.5, 0.6) is 0 Å². The Hall–Kier alpha value is -0.770. The molecule has 4 nitrogen and oxygen atoms in total. The Morgan fingerprint density at radius 3 is 2.87 bits per heavy atom. The fourth-order valence-corrected chi connectivity index (χ4v) is 1.76. The first kappa shape index (κ1) is 12.3. The molecular formula is C11H23N3O. The molecule has 1 rings (SSSR count). The first-order valence-electron chi connectivity index (χ1n) is 5.96. The van der Waals surface area contributed by atoms with Crippen LogP contribution in [0.15, 0.2) is 5.16 Å². The number of oxime groups is 1. The zero-order valence-corrected chi connectivity index (χ0v) is 9.58. The van der Waals surface area contributed by atoms with Gasteiger partial charge in [0.05, 0.1) is 0 Å². The van der Waals surface area contributed by atoms with Crippen molar-refractivity contribution in [3.63, 3.8) is 0 Å². The number of nitrogens with two attached hydrogens (primary N) is 1. The summed E-state index contributed by atoms with van der Waals surface area (Å²) in [5.41, 5.74) is 5.47. The van der Waals surface area contributed by atoms with E-state index in [0.717, 1.165) is 18.9 Å². The van der Waals surface area contributed by atoms with E-state index in [0.29, 0.717) is 18.3 Å². The summed E-state index contributed by atoms with van der Waals surface area (Å²) in [6, 6.07) is 0.347. The van der Waals surface area contributed by atoms with Gasteiger partial charge in [-0.15, -0.1) is 0 Å². The molecule has 1 unspecified atom stereocenters. The molecule has 0 heterocycles. The number of rotatable bonds is 8. The van der Waals surface area contributed by atoms with Crippen molar-refractivity contribution in [2.75, 3.05) is 6.54 Å². The van der Waals surface area contributed by atoms with Gasteiger partial charge >= 0.3 is 0 Å². The van der Waals surface area contributed by atoms with Gasteiger partial charge in [0.15, 0.2) is 0 Å². The van der Waals surface area contributed by atoms with Crippen LogP contribution in [0.4, 0.5) is 0 Å². The molecule has 4 N–H and O–H groups in total. The highest BCUT2D eigenvalue weighted by Crippen LogP contribution is 2.33. The maximum absolute atomic E-state index is 8.47. The van der Waals surface area contributed by atoms with Gasteiger partial charge in [0.2, 0.25) is 0 Å². The molecule has 1 aliphatic rings. The lowest BCUT2D eigenvalue weighted by atomic mass is 10.1. The van der Waals surface area contributed by atoms with E-state index in [1.807, 2.05) is 0 Å². The molecule has 0 amide bonds. The first-order chi connectivity index (χ1) is 7.26. The molecule has 1 aliphatic carbocycles. The molecule has 0 bridgehead atoms. The molecule has 1 fully saturated rings. The fraction of sp³-hybridized carbons (Fsp3) is 0.909. The largest absolute Gasteiger partial charge is 0.409 e. The van der Waals surface area contributed by atoms with Crippen LogP contribution in [0.2, 0.25) is 0 Å². The summed E-state index contributed by atoms with van der Waals surface area (Å²) in [6.07, 6.45) is 7.11. The van der Waals surface area contributed by atoms with E-state index < -0.39 is 0 Å². The fourth-order valence-electron chi connectivity index (χ4n) is 1.76. The van der Waals surface area contributed by atoms with Crippen LogP contribution in [0.1, 0.15) is 45.4 Å². The van der Waals surface area contributed by atoms with Crippen molar-refractivity contribution in [1.29, 1.82) is 0 Å². The summed E-state index contributed by atoms with van der Waals surface area (Å²) in [5, 5.41) is 14.9. The molecule has 1 atom stereocenters. The molecule has 15 heavy (non-hydrogen) atoms. The molecular weight excluding hydrogens is 190 g/mol. The second-order valence-electron chi connectivity index (χ2n) is 4.44. The van der Waals surface area contributed by atoms with Gasteiger partial charge in [-0.25, -0.2) is 0 Å². The van der Waals surface area contributed by atoms with Gasteiger partial charge in [-0.2, -0.15) is 0 Å². The minimum absolute atomic E-state index is 0.316. The summed E-state index contributed by atoms with van der Waals surface area (Å²) in [6.45, 7) is 3.16. The molecule has 4 heteroatoms. The van der Waals surface area contributed by atoms with Gasteiger partial charge < -0.3 is 16.3 Å². The van der Waals surface area contributed by atoms with E-state index in [1.54, 1.807) is 0 Å². The minimum Gasteiger partial charge on any atom is -0.409 e. The third-order valence-corrected chi connectivity index (χ3v) is 3.00. The lowest BCUT2D eigenvalue weighted by Crippen LogP contribution is -2.33. The zero-order chi connectivity index (χ0) is 11.1. The lowest BCUT2D eigenvalue weighted by molar-refractivity contribution is 0.315. The zero-order valence-electron chi connectivity index (χ0n) is 9.58. The Morgan fingerprint density at radius 1 is 1.60 bits per heavy atom. The highest BCUT2D eigenvalue weighted by molar-refractivity contribution is 5.80. The summed E-state index contributed by atoms with van der Waals surface area (Å²) in [7, 11) is 0. The van der Waals surface area contributed by atoms with Crippen LogP contribution in [0.25, 0.3) is 0 Å². The Bertz CT molecular complexity index is 202. The molecule has 1 saturated carbocycles.